The van der Waals surface area contributed by atoms with Crippen molar-refractivity contribution in [3.63, 3.8) is 0 Å². The molecule has 2 aromatic rings. The molecule has 162 valence electrons. The molecule has 1 aliphatic heterocycles. The molecular weight excluding hydrogens is 388 g/mol. The summed E-state index contributed by atoms with van der Waals surface area (Å²) in [6.45, 7) is 13.2. The summed E-state index contributed by atoms with van der Waals surface area (Å²) in [4.78, 5) is 13.3. The molecule has 30 heavy (non-hydrogen) atoms. The lowest BCUT2D eigenvalue weighted by Gasteiger charge is -2.27. The summed E-state index contributed by atoms with van der Waals surface area (Å²) in [5.74, 6) is 0.215. The van der Waals surface area contributed by atoms with E-state index in [2.05, 4.69) is 32.6 Å². The normalized spacial score (nSPS) is 15.9. The minimum atomic E-state index is -0.653. The Balaban J connectivity index is 2.06. The van der Waals surface area contributed by atoms with Gasteiger partial charge in [-0.3, -0.25) is 4.57 Å². The van der Waals surface area contributed by atoms with Crippen molar-refractivity contribution in [3.05, 3.63) is 35.5 Å². The molecule has 0 saturated carbocycles. The van der Waals surface area contributed by atoms with Gasteiger partial charge in [0.1, 0.15) is 11.6 Å². The number of aryl methyl sites for hydroxylation is 1. The lowest BCUT2D eigenvalue weighted by atomic mass is 10.1. The van der Waals surface area contributed by atoms with Crippen LogP contribution in [0.5, 0.6) is 0 Å². The number of piperidine rings is 1. The number of anilines is 2. The van der Waals surface area contributed by atoms with Crippen LogP contribution in [0.4, 0.5) is 26.2 Å². The molecule has 7 nitrogen and oxygen atoms in total. The van der Waals surface area contributed by atoms with Crippen LogP contribution in [0.3, 0.4) is 0 Å². The Bertz CT molecular complexity index is 917. The summed E-state index contributed by atoms with van der Waals surface area (Å²) in [5, 5.41) is 9.65. The van der Waals surface area contributed by atoms with Crippen LogP contribution in [-0.4, -0.2) is 40.9 Å². The van der Waals surface area contributed by atoms with Gasteiger partial charge in [0.2, 0.25) is 11.9 Å². The molecule has 1 saturated heterocycles. The second-order valence-corrected chi connectivity index (χ2v) is 8.45. The highest BCUT2D eigenvalue weighted by Gasteiger charge is 2.25. The first-order chi connectivity index (χ1) is 14.2. The number of imidazole rings is 1. The van der Waals surface area contributed by atoms with E-state index in [1.165, 1.54) is 12.1 Å². The Hall–Kier alpha value is -2.81. The number of rotatable bonds is 4. The van der Waals surface area contributed by atoms with Crippen molar-refractivity contribution in [2.75, 3.05) is 18.4 Å². The number of guanidine groups is 1. The zero-order valence-electron chi connectivity index (χ0n) is 17.9. The molecule has 1 aliphatic rings. The van der Waals surface area contributed by atoms with Crippen molar-refractivity contribution in [2.24, 2.45) is 9.98 Å². The van der Waals surface area contributed by atoms with Crippen LogP contribution in [0.25, 0.3) is 0 Å². The number of aromatic nitrogens is 2. The van der Waals surface area contributed by atoms with Crippen molar-refractivity contribution in [2.45, 2.75) is 52.1 Å². The van der Waals surface area contributed by atoms with E-state index in [4.69, 9.17) is 4.99 Å². The Morgan fingerprint density at radius 3 is 2.40 bits per heavy atom. The van der Waals surface area contributed by atoms with E-state index in [9.17, 15) is 8.78 Å². The molecule has 1 aromatic carbocycles. The van der Waals surface area contributed by atoms with Gasteiger partial charge in [0.05, 0.1) is 5.69 Å². The Morgan fingerprint density at radius 2 is 1.83 bits per heavy atom. The van der Waals surface area contributed by atoms with E-state index in [1.807, 2.05) is 32.3 Å². The van der Waals surface area contributed by atoms with Gasteiger partial charge in [0, 0.05) is 23.3 Å². The van der Waals surface area contributed by atoms with Gasteiger partial charge in [0.25, 0.3) is 0 Å². The minimum absolute atomic E-state index is 0.132. The molecule has 0 radical (unpaired) electrons. The molecule has 0 amide bonds. The Morgan fingerprint density at radius 1 is 1.20 bits per heavy atom. The van der Waals surface area contributed by atoms with Gasteiger partial charge in [-0.25, -0.2) is 18.8 Å². The van der Waals surface area contributed by atoms with Crippen molar-refractivity contribution in [1.82, 2.24) is 20.2 Å². The van der Waals surface area contributed by atoms with Crippen LogP contribution < -0.4 is 16.0 Å². The highest BCUT2D eigenvalue weighted by molar-refractivity contribution is 5.87. The average Bonchev–Trinajstić information content (AvgIpc) is 2.94. The Labute approximate surface area is 175 Å². The van der Waals surface area contributed by atoms with Crippen LogP contribution in [0.1, 0.15) is 45.3 Å². The van der Waals surface area contributed by atoms with Gasteiger partial charge in [-0.15, -0.1) is 0 Å². The minimum Gasteiger partial charge on any atom is -0.350 e. The zero-order chi connectivity index (χ0) is 21.9. The van der Waals surface area contributed by atoms with Crippen molar-refractivity contribution < 1.29 is 8.78 Å². The maximum absolute atomic E-state index is 13.7. The van der Waals surface area contributed by atoms with Crippen LogP contribution in [-0.2, 0) is 0 Å². The lowest BCUT2D eigenvalue weighted by molar-refractivity contribution is 0.373. The predicted molar refractivity (Wildman–Crippen MR) is 117 cm³/mol. The van der Waals surface area contributed by atoms with Crippen molar-refractivity contribution in [3.8, 4) is 0 Å². The van der Waals surface area contributed by atoms with Crippen molar-refractivity contribution in [1.29, 1.82) is 0 Å². The maximum Gasteiger partial charge on any atom is 0.224 e. The average molecular weight is 418 g/mol. The van der Waals surface area contributed by atoms with Gasteiger partial charge in [0.15, 0.2) is 5.82 Å². The zero-order valence-corrected chi connectivity index (χ0v) is 17.9. The first-order valence-corrected chi connectivity index (χ1v) is 10.0. The molecule has 1 aromatic heterocycles. The predicted octanol–water partition coefficient (Wildman–Crippen LogP) is 4.21. The van der Waals surface area contributed by atoms with Crippen LogP contribution >= 0.6 is 0 Å². The molecule has 9 heteroatoms. The monoisotopic (exact) mass is 417 g/mol. The fourth-order valence-electron chi connectivity index (χ4n) is 3.46. The van der Waals surface area contributed by atoms with Gasteiger partial charge in [-0.1, -0.05) is 0 Å². The summed E-state index contributed by atoms with van der Waals surface area (Å²) in [6.07, 6.45) is 1.77. The first-order valence-electron chi connectivity index (χ1n) is 10.0. The topological polar surface area (TPSA) is 78.6 Å². The summed E-state index contributed by atoms with van der Waals surface area (Å²) in [6, 6.07) is 3.44. The quantitative estimate of drug-likeness (QED) is 0.514. The molecule has 0 atom stereocenters. The number of benzene rings is 1. The second-order valence-electron chi connectivity index (χ2n) is 8.45. The molecule has 0 unspecified atom stereocenters. The fourth-order valence-corrected chi connectivity index (χ4v) is 3.46. The number of aliphatic imine (C=N–C) groups is 2. The smallest absolute Gasteiger partial charge is 0.224 e. The highest BCUT2D eigenvalue weighted by Crippen LogP contribution is 2.34. The fraction of sp³-hybridized carbons (Fsp3) is 0.476. The number of nitrogens with zero attached hydrogens (tertiary/aromatic N) is 4. The number of halogens is 2. The largest absolute Gasteiger partial charge is 0.350 e. The molecular formula is C21H29F2N7. The standard InChI is InChI=1S/C21H29F2N7/c1-13-18(28-19(24-5)29-21(2,3)4)30(17-6-8-25-9-7-17)20(26-13)27-16-11-14(22)10-15(23)12-16/h10-12,17,25H,5-9H2,1-4H3,(H,26,27)(H,28,29). The second kappa shape index (κ2) is 8.91. The molecule has 0 spiro atoms. The van der Waals surface area contributed by atoms with Gasteiger partial charge in [-0.2, -0.15) is 4.99 Å². The maximum atomic E-state index is 13.7. The van der Waals surface area contributed by atoms with Crippen LogP contribution in [0, 0.1) is 18.6 Å². The molecule has 3 N–H and O–H groups in total. The van der Waals surface area contributed by atoms with E-state index in [0.717, 1.165) is 32.0 Å². The Kier molecular flexibility index (Phi) is 6.50. The van der Waals surface area contributed by atoms with Gasteiger partial charge < -0.3 is 16.0 Å². The highest BCUT2D eigenvalue weighted by atomic mass is 19.1. The lowest BCUT2D eigenvalue weighted by Crippen LogP contribution is -2.39. The van der Waals surface area contributed by atoms with Crippen LogP contribution in [0.15, 0.2) is 28.2 Å². The van der Waals surface area contributed by atoms with Crippen molar-refractivity contribution >= 4 is 30.1 Å². The van der Waals surface area contributed by atoms with E-state index >= 15 is 0 Å². The van der Waals surface area contributed by atoms with E-state index in [0.29, 0.717) is 23.4 Å². The third-order valence-electron chi connectivity index (χ3n) is 4.69. The first kappa shape index (κ1) is 21.9. The summed E-state index contributed by atoms with van der Waals surface area (Å²) >= 11 is 0. The van der Waals surface area contributed by atoms with Gasteiger partial charge >= 0.3 is 0 Å². The summed E-state index contributed by atoms with van der Waals surface area (Å²) in [5.41, 5.74) is 0.733. The third-order valence-corrected chi connectivity index (χ3v) is 4.69. The van der Waals surface area contributed by atoms with E-state index in [1.54, 1.807) is 0 Å². The van der Waals surface area contributed by atoms with Crippen LogP contribution in [0.2, 0.25) is 0 Å². The van der Waals surface area contributed by atoms with E-state index < -0.39 is 11.6 Å². The molecule has 2 heterocycles. The molecule has 3 rings (SSSR count). The number of hydrogen-bond acceptors (Lipinski definition) is 4. The number of hydrogen-bond donors (Lipinski definition) is 3. The number of nitrogens with one attached hydrogen (secondary N) is 3. The summed E-state index contributed by atoms with van der Waals surface area (Å²) in [7, 11) is 0. The molecule has 0 bridgehead atoms. The summed E-state index contributed by atoms with van der Waals surface area (Å²) < 4.78 is 29.4. The van der Waals surface area contributed by atoms with Gasteiger partial charge in [-0.05, 0) is 72.5 Å². The SMILES string of the molecule is C=N/C(=N\c1c(C)nc(Nc2cc(F)cc(F)c2)n1C1CCNCC1)NC(C)(C)C. The van der Waals surface area contributed by atoms with E-state index in [-0.39, 0.29) is 17.3 Å². The third kappa shape index (κ3) is 5.41. The molecule has 0 aliphatic carbocycles. The molecule has 1 fully saturated rings.